The molecule has 2 fully saturated rings. The largest absolute Gasteiger partial charge is 0.381 e. The van der Waals surface area contributed by atoms with Crippen molar-refractivity contribution < 1.29 is 27.0 Å². The van der Waals surface area contributed by atoms with Gasteiger partial charge in [-0.2, -0.15) is 17.6 Å². The highest BCUT2D eigenvalue weighted by Crippen LogP contribution is 2.46. The molecular formula is C14H22F4O2. The Morgan fingerprint density at radius 3 is 1.35 bits per heavy atom. The van der Waals surface area contributed by atoms with Gasteiger partial charge in [-0.3, -0.25) is 0 Å². The molecule has 0 amide bonds. The average molecular weight is 298 g/mol. The minimum Gasteiger partial charge on any atom is -0.381 e. The lowest BCUT2D eigenvalue weighted by molar-refractivity contribution is -0.227. The van der Waals surface area contributed by atoms with Crippen molar-refractivity contribution in [3.05, 3.63) is 0 Å². The number of halogens is 4. The topological polar surface area (TPSA) is 18.5 Å². The Balaban J connectivity index is 1.98. The molecule has 0 radical (unpaired) electrons. The number of rotatable bonds is 5. The van der Waals surface area contributed by atoms with E-state index < -0.39 is 36.5 Å². The number of ether oxygens (including phenoxy) is 2. The second-order valence-electron chi connectivity index (χ2n) is 6.37. The molecule has 0 saturated carbocycles. The van der Waals surface area contributed by atoms with Gasteiger partial charge in [0, 0.05) is 39.3 Å². The molecule has 2 aliphatic heterocycles. The van der Waals surface area contributed by atoms with Crippen LogP contribution >= 0.6 is 0 Å². The zero-order valence-corrected chi connectivity index (χ0v) is 11.9. The summed E-state index contributed by atoms with van der Waals surface area (Å²) in [5.74, 6) is -9.14. The van der Waals surface area contributed by atoms with Gasteiger partial charge in [0.1, 0.15) is 0 Å². The summed E-state index contributed by atoms with van der Waals surface area (Å²) in [6, 6.07) is 0. The molecule has 2 heterocycles. The molecule has 6 heteroatoms. The number of hydrogen-bond acceptors (Lipinski definition) is 2. The van der Waals surface area contributed by atoms with E-state index in [1.165, 1.54) is 0 Å². The van der Waals surface area contributed by atoms with E-state index in [-0.39, 0.29) is 25.0 Å². The first-order valence-corrected chi connectivity index (χ1v) is 7.14. The monoisotopic (exact) mass is 298 g/mol. The van der Waals surface area contributed by atoms with E-state index in [9.17, 15) is 17.6 Å². The van der Waals surface area contributed by atoms with Crippen molar-refractivity contribution >= 4 is 0 Å². The Hall–Kier alpha value is -0.360. The van der Waals surface area contributed by atoms with Gasteiger partial charge in [0.25, 0.3) is 0 Å². The summed E-state index contributed by atoms with van der Waals surface area (Å²) in [5.41, 5.74) is 0. The van der Waals surface area contributed by atoms with Gasteiger partial charge in [-0.15, -0.1) is 0 Å². The van der Waals surface area contributed by atoms with Gasteiger partial charge in [0.2, 0.25) is 0 Å². The lowest BCUT2D eigenvalue weighted by Gasteiger charge is -2.31. The van der Waals surface area contributed by atoms with Crippen LogP contribution in [0, 0.1) is 23.7 Å². The molecule has 4 atom stereocenters. The maximum absolute atomic E-state index is 14.0. The number of hydrogen-bond donors (Lipinski definition) is 0. The molecule has 2 saturated heterocycles. The first kappa shape index (κ1) is 16.0. The molecule has 0 bridgehead atoms. The SMILES string of the molecule is CC1COCC1CC(F)(F)C(F)(F)CC1COCC1C. The van der Waals surface area contributed by atoms with Crippen LogP contribution in [0.5, 0.6) is 0 Å². The summed E-state index contributed by atoms with van der Waals surface area (Å²) < 4.78 is 66.0. The first-order valence-electron chi connectivity index (χ1n) is 7.14. The third kappa shape index (κ3) is 3.27. The molecule has 0 aromatic carbocycles. The lowest BCUT2D eigenvalue weighted by atomic mass is 9.85. The third-order valence-corrected chi connectivity index (χ3v) is 4.61. The fraction of sp³-hybridized carbons (Fsp3) is 1.00. The highest BCUT2D eigenvalue weighted by Gasteiger charge is 2.58. The molecule has 20 heavy (non-hydrogen) atoms. The van der Waals surface area contributed by atoms with Gasteiger partial charge in [-0.1, -0.05) is 13.8 Å². The summed E-state index contributed by atoms with van der Waals surface area (Å²) in [6.45, 7) is 4.57. The summed E-state index contributed by atoms with van der Waals surface area (Å²) in [7, 11) is 0. The van der Waals surface area contributed by atoms with Crippen molar-refractivity contribution in [3.63, 3.8) is 0 Å². The summed E-state index contributed by atoms with van der Waals surface area (Å²) in [5, 5.41) is 0. The molecule has 2 rings (SSSR count). The van der Waals surface area contributed by atoms with Gasteiger partial charge in [-0.25, -0.2) is 0 Å². The average Bonchev–Trinajstić information content (AvgIpc) is 2.89. The second-order valence-corrected chi connectivity index (χ2v) is 6.37. The Kier molecular flexibility index (Phi) is 4.64. The van der Waals surface area contributed by atoms with E-state index in [0.29, 0.717) is 13.2 Å². The van der Waals surface area contributed by atoms with Gasteiger partial charge in [-0.05, 0) is 23.7 Å². The van der Waals surface area contributed by atoms with Crippen LogP contribution in [0.1, 0.15) is 26.7 Å². The fourth-order valence-electron chi connectivity index (χ4n) is 2.89. The van der Waals surface area contributed by atoms with Crippen molar-refractivity contribution in [1.29, 1.82) is 0 Å². The Morgan fingerprint density at radius 2 is 1.10 bits per heavy atom. The fourth-order valence-corrected chi connectivity index (χ4v) is 2.89. The molecule has 118 valence electrons. The molecular weight excluding hydrogens is 276 g/mol. The quantitative estimate of drug-likeness (QED) is 0.722. The zero-order chi connectivity index (χ0) is 15.0. The van der Waals surface area contributed by atoms with E-state index in [0.717, 1.165) is 0 Å². The molecule has 0 spiro atoms. The summed E-state index contributed by atoms with van der Waals surface area (Å²) in [4.78, 5) is 0. The van der Waals surface area contributed by atoms with E-state index in [1.807, 2.05) is 0 Å². The second kappa shape index (κ2) is 5.79. The molecule has 0 N–H and O–H groups in total. The normalized spacial score (nSPS) is 35.7. The first-order chi connectivity index (χ1) is 9.23. The van der Waals surface area contributed by atoms with E-state index in [2.05, 4.69) is 0 Å². The van der Waals surface area contributed by atoms with Crippen LogP contribution in [0.4, 0.5) is 17.6 Å². The van der Waals surface area contributed by atoms with Crippen LogP contribution in [-0.4, -0.2) is 38.3 Å². The molecule has 0 aromatic heterocycles. The minimum atomic E-state index is -3.98. The van der Waals surface area contributed by atoms with Crippen LogP contribution in [0.3, 0.4) is 0 Å². The van der Waals surface area contributed by atoms with E-state index in [1.54, 1.807) is 13.8 Å². The minimum absolute atomic E-state index is 0.0922. The van der Waals surface area contributed by atoms with Gasteiger partial charge >= 0.3 is 11.8 Å². The van der Waals surface area contributed by atoms with Gasteiger partial charge < -0.3 is 9.47 Å². The highest BCUT2D eigenvalue weighted by atomic mass is 19.3. The Morgan fingerprint density at radius 1 is 0.750 bits per heavy atom. The van der Waals surface area contributed by atoms with Gasteiger partial charge in [0.15, 0.2) is 0 Å². The predicted octanol–water partition coefficient (Wildman–Crippen LogP) is 3.60. The summed E-state index contributed by atoms with van der Waals surface area (Å²) in [6.07, 6.45) is -1.60. The van der Waals surface area contributed by atoms with Crippen molar-refractivity contribution in [2.24, 2.45) is 23.7 Å². The van der Waals surface area contributed by atoms with Crippen LogP contribution in [0.15, 0.2) is 0 Å². The maximum Gasteiger partial charge on any atom is 0.310 e. The predicted molar refractivity (Wildman–Crippen MR) is 66.1 cm³/mol. The van der Waals surface area contributed by atoms with Crippen molar-refractivity contribution in [3.8, 4) is 0 Å². The van der Waals surface area contributed by atoms with Crippen molar-refractivity contribution in [2.75, 3.05) is 26.4 Å². The van der Waals surface area contributed by atoms with E-state index in [4.69, 9.17) is 9.47 Å². The lowest BCUT2D eigenvalue weighted by Crippen LogP contribution is -2.44. The van der Waals surface area contributed by atoms with Crippen molar-refractivity contribution in [1.82, 2.24) is 0 Å². The Bertz CT molecular complexity index is 303. The molecule has 0 aliphatic carbocycles. The standard InChI is InChI=1S/C14H22F4O2/c1-9-5-19-7-11(9)3-13(15,16)14(17,18)4-12-8-20-6-10(12)2/h9-12H,3-8H2,1-2H3. The molecule has 2 aliphatic rings. The number of alkyl halides is 4. The van der Waals surface area contributed by atoms with Crippen LogP contribution in [0.25, 0.3) is 0 Å². The van der Waals surface area contributed by atoms with Crippen LogP contribution in [0.2, 0.25) is 0 Å². The van der Waals surface area contributed by atoms with E-state index >= 15 is 0 Å². The third-order valence-electron chi connectivity index (χ3n) is 4.61. The maximum atomic E-state index is 14.0. The molecule has 0 aromatic rings. The van der Waals surface area contributed by atoms with Crippen LogP contribution < -0.4 is 0 Å². The smallest absolute Gasteiger partial charge is 0.310 e. The van der Waals surface area contributed by atoms with Crippen molar-refractivity contribution in [2.45, 2.75) is 38.5 Å². The molecule has 4 unspecified atom stereocenters. The molecule has 2 nitrogen and oxygen atoms in total. The summed E-state index contributed by atoms with van der Waals surface area (Å²) >= 11 is 0. The Labute approximate surface area is 116 Å². The van der Waals surface area contributed by atoms with Gasteiger partial charge in [0.05, 0.1) is 0 Å². The highest BCUT2D eigenvalue weighted by molar-refractivity contribution is 4.92. The zero-order valence-electron chi connectivity index (χ0n) is 11.9. The van der Waals surface area contributed by atoms with Crippen LogP contribution in [-0.2, 0) is 9.47 Å².